The first-order valence-corrected chi connectivity index (χ1v) is 12.3. The van der Waals surface area contributed by atoms with Crippen molar-refractivity contribution < 1.29 is 14.2 Å². The third-order valence-corrected chi connectivity index (χ3v) is 6.76. The summed E-state index contributed by atoms with van der Waals surface area (Å²) in [4.78, 5) is 5.23. The molecule has 7 heteroatoms. The van der Waals surface area contributed by atoms with Gasteiger partial charge in [-0.2, -0.15) is 0 Å². The molecule has 4 rings (SSSR count). The molecule has 33 heavy (non-hydrogen) atoms. The summed E-state index contributed by atoms with van der Waals surface area (Å²) in [6.07, 6.45) is 2.38. The van der Waals surface area contributed by atoms with E-state index in [2.05, 4.69) is 0 Å². The fraction of sp³-hybridized carbons (Fsp3) is 0.154. The summed E-state index contributed by atoms with van der Waals surface area (Å²) in [6.45, 7) is 4.07. The number of fused-ring (bicyclic) bond motifs is 1. The van der Waals surface area contributed by atoms with Crippen LogP contribution in [0.2, 0.25) is 0 Å². The van der Waals surface area contributed by atoms with Crippen LogP contribution in [0.15, 0.2) is 65.6 Å². The molecule has 0 aliphatic heterocycles. The fourth-order valence-corrected chi connectivity index (χ4v) is 4.58. The van der Waals surface area contributed by atoms with Crippen LogP contribution in [0.25, 0.3) is 33.2 Å². The number of halogens is 1. The van der Waals surface area contributed by atoms with Crippen LogP contribution in [0.4, 0.5) is 10.1 Å². The zero-order valence-electron chi connectivity index (χ0n) is 18.6. The van der Waals surface area contributed by atoms with Gasteiger partial charge < -0.3 is 11.1 Å². The highest BCUT2D eigenvalue weighted by molar-refractivity contribution is 7.90. The minimum Gasteiger partial charge on any atom is -0.398 e. The number of aromatic nitrogens is 1. The van der Waals surface area contributed by atoms with Gasteiger partial charge in [-0.3, -0.25) is 4.98 Å². The molecule has 3 aromatic carbocycles. The van der Waals surface area contributed by atoms with Crippen molar-refractivity contribution in [3.05, 3.63) is 77.7 Å². The van der Waals surface area contributed by atoms with Gasteiger partial charge in [0.15, 0.2) is 9.84 Å². The van der Waals surface area contributed by atoms with Crippen molar-refractivity contribution in [1.82, 2.24) is 4.98 Å². The van der Waals surface area contributed by atoms with E-state index < -0.39 is 9.84 Å². The third-order valence-electron chi connectivity index (χ3n) is 5.63. The van der Waals surface area contributed by atoms with Crippen molar-refractivity contribution in [3.8, 4) is 22.4 Å². The standard InChI is InChI=1S/C26H24FN3O2S.H2/c1-15(2)25-24(16-4-8-19(27)9-5-16)21-12-18(14-28)23(29)13-22(21)26(30-25)17-6-10-20(11-7-17)33(3,31)32;/h4-15,28H,29H2,1-3H3;1H. The quantitative estimate of drug-likeness (QED) is 0.278. The van der Waals surface area contributed by atoms with Gasteiger partial charge in [-0.1, -0.05) is 38.1 Å². The zero-order valence-corrected chi connectivity index (χ0v) is 19.4. The number of sulfone groups is 1. The topological polar surface area (TPSA) is 96.9 Å². The third kappa shape index (κ3) is 4.24. The molecule has 0 aliphatic rings. The molecule has 0 saturated carbocycles. The van der Waals surface area contributed by atoms with Crippen LogP contribution in [0, 0.1) is 11.2 Å². The molecule has 1 aromatic heterocycles. The maximum Gasteiger partial charge on any atom is 0.175 e. The number of hydrogen-bond donors (Lipinski definition) is 2. The maximum absolute atomic E-state index is 13.6. The number of nitrogen functional groups attached to an aromatic ring is 1. The number of nitrogens with one attached hydrogen (secondary N) is 1. The van der Waals surface area contributed by atoms with Crippen molar-refractivity contribution >= 4 is 32.5 Å². The molecule has 0 spiro atoms. The van der Waals surface area contributed by atoms with Crippen LogP contribution in [-0.2, 0) is 9.84 Å². The Labute approximate surface area is 194 Å². The van der Waals surface area contributed by atoms with E-state index in [1.165, 1.54) is 24.6 Å². The fourth-order valence-electron chi connectivity index (χ4n) is 3.95. The maximum atomic E-state index is 13.6. The lowest BCUT2D eigenvalue weighted by Crippen LogP contribution is -2.03. The number of rotatable bonds is 5. The minimum absolute atomic E-state index is 0. The molecule has 1 heterocycles. The number of hydrogen-bond acceptors (Lipinski definition) is 5. The van der Waals surface area contributed by atoms with Crippen molar-refractivity contribution in [2.45, 2.75) is 24.7 Å². The second-order valence-electron chi connectivity index (χ2n) is 8.35. The minimum atomic E-state index is -3.32. The van der Waals surface area contributed by atoms with Gasteiger partial charge in [-0.25, -0.2) is 12.8 Å². The molecule has 170 valence electrons. The van der Waals surface area contributed by atoms with E-state index in [9.17, 15) is 12.8 Å². The van der Waals surface area contributed by atoms with E-state index in [0.29, 0.717) is 16.9 Å². The summed E-state index contributed by atoms with van der Waals surface area (Å²) in [5.74, 6) is -0.279. The Morgan fingerprint density at radius 2 is 1.61 bits per heavy atom. The van der Waals surface area contributed by atoms with Crippen LogP contribution in [-0.4, -0.2) is 25.9 Å². The number of nitrogens with two attached hydrogens (primary N) is 1. The first-order valence-electron chi connectivity index (χ1n) is 10.4. The Hall–Kier alpha value is -3.58. The molecule has 0 unspecified atom stereocenters. The summed E-state index contributed by atoms with van der Waals surface area (Å²) in [5, 5.41) is 9.39. The Balaban J connectivity index is 0.00000324. The summed E-state index contributed by atoms with van der Waals surface area (Å²) in [7, 11) is -3.32. The van der Waals surface area contributed by atoms with Crippen molar-refractivity contribution in [2.75, 3.05) is 12.0 Å². The Morgan fingerprint density at radius 1 is 1.00 bits per heavy atom. The van der Waals surface area contributed by atoms with Gasteiger partial charge in [0.2, 0.25) is 0 Å². The summed E-state index contributed by atoms with van der Waals surface area (Å²) in [5.41, 5.74) is 11.2. The van der Waals surface area contributed by atoms with Gasteiger partial charge in [-0.05, 0) is 53.3 Å². The smallest absolute Gasteiger partial charge is 0.175 e. The predicted octanol–water partition coefficient (Wildman–Crippen LogP) is 6.06. The second-order valence-corrected chi connectivity index (χ2v) is 10.4. The van der Waals surface area contributed by atoms with Crippen molar-refractivity contribution in [2.24, 2.45) is 0 Å². The van der Waals surface area contributed by atoms with E-state index in [-0.39, 0.29) is 18.1 Å². The van der Waals surface area contributed by atoms with Gasteiger partial charge in [0.25, 0.3) is 0 Å². The van der Waals surface area contributed by atoms with E-state index in [4.69, 9.17) is 16.1 Å². The first kappa shape index (κ1) is 22.6. The van der Waals surface area contributed by atoms with E-state index in [1.807, 2.05) is 19.9 Å². The number of benzene rings is 3. The average Bonchev–Trinajstić information content (AvgIpc) is 2.77. The number of anilines is 1. The molecule has 0 bridgehead atoms. The summed E-state index contributed by atoms with van der Waals surface area (Å²) >= 11 is 0. The molecule has 4 aromatic rings. The molecule has 0 atom stereocenters. The van der Waals surface area contributed by atoms with Crippen molar-refractivity contribution in [1.29, 1.82) is 5.41 Å². The average molecular weight is 464 g/mol. The lowest BCUT2D eigenvalue weighted by atomic mass is 9.89. The summed E-state index contributed by atoms with van der Waals surface area (Å²) < 4.78 is 37.4. The highest BCUT2D eigenvalue weighted by atomic mass is 32.2. The highest BCUT2D eigenvalue weighted by Crippen LogP contribution is 2.40. The van der Waals surface area contributed by atoms with Crippen LogP contribution < -0.4 is 5.73 Å². The lowest BCUT2D eigenvalue weighted by Gasteiger charge is -2.20. The van der Waals surface area contributed by atoms with E-state index >= 15 is 0 Å². The SMILES string of the molecule is CC(C)c1nc(-c2ccc(S(C)(=O)=O)cc2)c2cc(N)c(C=N)cc2c1-c1ccc(F)cc1.[HH]. The molecule has 0 amide bonds. The molecule has 5 nitrogen and oxygen atoms in total. The molecule has 0 radical (unpaired) electrons. The largest absolute Gasteiger partial charge is 0.398 e. The van der Waals surface area contributed by atoms with Gasteiger partial charge in [0, 0.05) is 41.7 Å². The van der Waals surface area contributed by atoms with E-state index in [0.717, 1.165) is 33.2 Å². The number of nitrogens with zero attached hydrogens (tertiary/aromatic N) is 1. The van der Waals surface area contributed by atoms with Crippen LogP contribution in [0.1, 0.15) is 32.4 Å². The van der Waals surface area contributed by atoms with E-state index in [1.54, 1.807) is 42.5 Å². The Morgan fingerprint density at radius 3 is 2.15 bits per heavy atom. The predicted molar refractivity (Wildman–Crippen MR) is 134 cm³/mol. The molecule has 0 fully saturated rings. The first-order chi connectivity index (χ1) is 15.6. The van der Waals surface area contributed by atoms with Crippen LogP contribution >= 0.6 is 0 Å². The lowest BCUT2D eigenvalue weighted by molar-refractivity contribution is 0.602. The summed E-state index contributed by atoms with van der Waals surface area (Å²) in [6, 6.07) is 16.5. The highest BCUT2D eigenvalue weighted by Gasteiger charge is 2.20. The molecule has 3 N–H and O–H groups in total. The monoisotopic (exact) mass is 463 g/mol. The normalized spacial score (nSPS) is 11.8. The van der Waals surface area contributed by atoms with Gasteiger partial charge in [-0.15, -0.1) is 0 Å². The molecular weight excluding hydrogens is 437 g/mol. The van der Waals surface area contributed by atoms with Gasteiger partial charge in [0.1, 0.15) is 5.82 Å². The van der Waals surface area contributed by atoms with Crippen molar-refractivity contribution in [3.63, 3.8) is 0 Å². The second kappa shape index (κ2) is 8.41. The Kier molecular flexibility index (Phi) is 5.76. The zero-order chi connectivity index (χ0) is 23.9. The van der Waals surface area contributed by atoms with Crippen LogP contribution in [0.5, 0.6) is 0 Å². The number of pyridine rings is 1. The van der Waals surface area contributed by atoms with Crippen LogP contribution in [0.3, 0.4) is 0 Å². The molecule has 0 saturated heterocycles. The molecule has 0 aliphatic carbocycles. The van der Waals surface area contributed by atoms with Gasteiger partial charge in [0.05, 0.1) is 16.3 Å². The van der Waals surface area contributed by atoms with Gasteiger partial charge >= 0.3 is 0 Å². The Bertz CT molecular complexity index is 1480. The molecular formula is C26H26FN3O2S.